The van der Waals surface area contributed by atoms with Crippen LogP contribution in [0.5, 0.6) is 5.75 Å². The lowest BCUT2D eigenvalue weighted by Gasteiger charge is -2.33. The number of amides is 1. The number of hydrogen-bond donors (Lipinski definition) is 1. The number of piperidine rings is 1. The van der Waals surface area contributed by atoms with Crippen molar-refractivity contribution in [1.29, 1.82) is 0 Å². The number of carbonyl (C=O) groups excluding carboxylic acids is 2. The molecule has 1 atom stereocenters. The van der Waals surface area contributed by atoms with Gasteiger partial charge >= 0.3 is 0 Å². The molecule has 1 N–H and O–H groups in total. The van der Waals surface area contributed by atoms with Crippen LogP contribution in [0.4, 0.5) is 10.1 Å². The number of rotatable bonds is 7. The van der Waals surface area contributed by atoms with Crippen molar-refractivity contribution in [2.45, 2.75) is 31.7 Å². The van der Waals surface area contributed by atoms with E-state index in [0.717, 1.165) is 24.3 Å². The Balaban J connectivity index is 1.49. The van der Waals surface area contributed by atoms with Gasteiger partial charge in [0.15, 0.2) is 5.78 Å². The van der Waals surface area contributed by atoms with Crippen LogP contribution in [0.2, 0.25) is 0 Å². The van der Waals surface area contributed by atoms with E-state index in [-0.39, 0.29) is 36.4 Å². The summed E-state index contributed by atoms with van der Waals surface area (Å²) in [6.07, 6.45) is 2.22. The third-order valence-corrected chi connectivity index (χ3v) is 4.97. The molecule has 0 bridgehead atoms. The van der Waals surface area contributed by atoms with E-state index >= 15 is 0 Å². The van der Waals surface area contributed by atoms with Gasteiger partial charge in [-0.1, -0.05) is 0 Å². The summed E-state index contributed by atoms with van der Waals surface area (Å²) in [5, 5.41) is 3.46. The van der Waals surface area contributed by atoms with E-state index in [1.165, 1.54) is 24.3 Å². The Hall–Kier alpha value is -2.89. The van der Waals surface area contributed by atoms with Gasteiger partial charge in [0, 0.05) is 43.2 Å². The first-order valence-corrected chi connectivity index (χ1v) is 9.52. The second kappa shape index (κ2) is 9.35. The van der Waals surface area contributed by atoms with E-state index in [9.17, 15) is 14.0 Å². The normalized spacial score (nSPS) is 16.5. The molecule has 1 fully saturated rings. The Kier molecular flexibility index (Phi) is 6.63. The first-order valence-electron chi connectivity index (χ1n) is 9.52. The molecule has 2 aromatic rings. The first-order chi connectivity index (χ1) is 13.5. The number of Topliss-reactive ketones (excluding diaryl/α,β-unsaturated/α-hetero) is 1. The zero-order valence-corrected chi connectivity index (χ0v) is 16.0. The number of likely N-dealkylation sites (tertiary alicyclic amines) is 1. The number of carbonyl (C=O) groups is 2. The average Bonchev–Trinajstić information content (AvgIpc) is 2.73. The van der Waals surface area contributed by atoms with Crippen LogP contribution in [0.25, 0.3) is 0 Å². The summed E-state index contributed by atoms with van der Waals surface area (Å²) < 4.78 is 18.1. The summed E-state index contributed by atoms with van der Waals surface area (Å²) in [6, 6.07) is 13.3. The highest BCUT2D eigenvalue weighted by atomic mass is 19.1. The van der Waals surface area contributed by atoms with Crippen LogP contribution in [0.15, 0.2) is 48.5 Å². The molecule has 0 radical (unpaired) electrons. The Labute approximate surface area is 164 Å². The molecule has 5 nitrogen and oxygen atoms in total. The lowest BCUT2D eigenvalue weighted by Crippen LogP contribution is -2.45. The Morgan fingerprint density at radius 3 is 2.50 bits per heavy atom. The number of nitrogens with zero attached hydrogens (tertiary/aromatic N) is 1. The highest BCUT2D eigenvalue weighted by Crippen LogP contribution is 2.20. The molecule has 1 saturated heterocycles. The van der Waals surface area contributed by atoms with Gasteiger partial charge in [-0.3, -0.25) is 9.59 Å². The smallest absolute Gasteiger partial charge is 0.223 e. The van der Waals surface area contributed by atoms with Crippen LogP contribution in [-0.2, 0) is 4.79 Å². The van der Waals surface area contributed by atoms with Crippen LogP contribution in [0, 0.1) is 5.82 Å². The molecule has 1 aliphatic heterocycles. The molecule has 0 saturated carbocycles. The molecule has 0 spiro atoms. The molecular weight excluding hydrogens is 359 g/mol. The minimum atomic E-state index is -0.378. The monoisotopic (exact) mass is 384 g/mol. The predicted octanol–water partition coefficient (Wildman–Crippen LogP) is 3.90. The lowest BCUT2D eigenvalue weighted by molar-refractivity contribution is -0.132. The van der Waals surface area contributed by atoms with Crippen LogP contribution >= 0.6 is 0 Å². The van der Waals surface area contributed by atoms with Crippen molar-refractivity contribution < 1.29 is 18.7 Å². The zero-order chi connectivity index (χ0) is 19.9. The highest BCUT2D eigenvalue weighted by Gasteiger charge is 2.24. The average molecular weight is 384 g/mol. The summed E-state index contributed by atoms with van der Waals surface area (Å²) in [5.74, 6) is 0.267. The van der Waals surface area contributed by atoms with Gasteiger partial charge in [0.1, 0.15) is 11.6 Å². The minimum absolute atomic E-state index is 0.0170. The van der Waals surface area contributed by atoms with Crippen molar-refractivity contribution in [1.82, 2.24) is 4.90 Å². The quantitative estimate of drug-likeness (QED) is 0.736. The van der Waals surface area contributed by atoms with Crippen molar-refractivity contribution in [2.24, 2.45) is 0 Å². The molecule has 1 heterocycles. The third-order valence-electron chi connectivity index (χ3n) is 4.97. The Morgan fingerprint density at radius 2 is 1.82 bits per heavy atom. The topological polar surface area (TPSA) is 58.6 Å². The molecular formula is C22H25FN2O3. The van der Waals surface area contributed by atoms with Gasteiger partial charge in [-0.15, -0.1) is 0 Å². The fourth-order valence-corrected chi connectivity index (χ4v) is 3.40. The number of benzene rings is 2. The van der Waals surface area contributed by atoms with E-state index in [4.69, 9.17) is 4.74 Å². The van der Waals surface area contributed by atoms with Crippen molar-refractivity contribution in [3.8, 4) is 5.75 Å². The molecule has 0 aliphatic carbocycles. The van der Waals surface area contributed by atoms with Crippen LogP contribution in [0.1, 0.15) is 36.0 Å². The molecule has 3 rings (SSSR count). The molecule has 6 heteroatoms. The second-order valence-corrected chi connectivity index (χ2v) is 6.98. The third kappa shape index (κ3) is 5.31. The molecule has 148 valence electrons. The maximum atomic E-state index is 13.0. The maximum Gasteiger partial charge on any atom is 0.223 e. The minimum Gasteiger partial charge on any atom is -0.497 e. The summed E-state index contributed by atoms with van der Waals surface area (Å²) in [4.78, 5) is 26.5. The van der Waals surface area contributed by atoms with Crippen LogP contribution in [-0.4, -0.2) is 42.8 Å². The van der Waals surface area contributed by atoms with Crippen molar-refractivity contribution in [3.63, 3.8) is 0 Å². The number of nitrogens with one attached hydrogen (secondary N) is 1. The fraction of sp³-hybridized carbons (Fsp3) is 0.364. The summed E-state index contributed by atoms with van der Waals surface area (Å²) in [7, 11) is 1.63. The molecule has 0 unspecified atom stereocenters. The van der Waals surface area contributed by atoms with Gasteiger partial charge in [-0.05, 0) is 61.4 Å². The number of ketones is 1. The van der Waals surface area contributed by atoms with Gasteiger partial charge in [-0.2, -0.15) is 0 Å². The first kappa shape index (κ1) is 19.9. The van der Waals surface area contributed by atoms with Gasteiger partial charge in [0.05, 0.1) is 7.11 Å². The second-order valence-electron chi connectivity index (χ2n) is 6.98. The molecule has 2 aromatic carbocycles. The molecule has 1 aliphatic rings. The summed E-state index contributed by atoms with van der Waals surface area (Å²) in [5.41, 5.74) is 1.43. The standard InChI is InChI=1S/C22H25FN2O3/c1-28-20-10-8-18(9-11-20)24-19-3-2-14-25(15-19)22(27)13-12-21(26)16-4-6-17(23)7-5-16/h4-11,19,24H,2-3,12-15H2,1H3/t19-/m0/s1. The van der Waals surface area contributed by atoms with Gasteiger partial charge in [0.2, 0.25) is 5.91 Å². The van der Waals surface area contributed by atoms with Crippen molar-refractivity contribution >= 4 is 17.4 Å². The van der Waals surface area contributed by atoms with Gasteiger partial charge in [0.25, 0.3) is 0 Å². The maximum absolute atomic E-state index is 13.0. The van der Waals surface area contributed by atoms with Gasteiger partial charge < -0.3 is 15.0 Å². The van der Waals surface area contributed by atoms with Crippen LogP contribution in [0.3, 0.4) is 0 Å². The number of ether oxygens (including phenoxy) is 1. The summed E-state index contributed by atoms with van der Waals surface area (Å²) >= 11 is 0. The lowest BCUT2D eigenvalue weighted by atomic mass is 10.0. The van der Waals surface area contributed by atoms with E-state index in [0.29, 0.717) is 18.7 Å². The SMILES string of the molecule is COc1ccc(N[C@H]2CCCN(C(=O)CCC(=O)c3ccc(F)cc3)C2)cc1. The van der Waals surface area contributed by atoms with Crippen molar-refractivity contribution in [3.05, 3.63) is 59.9 Å². The Morgan fingerprint density at radius 1 is 1.11 bits per heavy atom. The largest absolute Gasteiger partial charge is 0.497 e. The number of anilines is 1. The highest BCUT2D eigenvalue weighted by molar-refractivity contribution is 5.97. The van der Waals surface area contributed by atoms with E-state index in [2.05, 4.69) is 5.32 Å². The molecule has 28 heavy (non-hydrogen) atoms. The van der Waals surface area contributed by atoms with E-state index in [1.807, 2.05) is 29.2 Å². The molecule has 0 aromatic heterocycles. The van der Waals surface area contributed by atoms with Crippen LogP contribution < -0.4 is 10.1 Å². The summed E-state index contributed by atoms with van der Waals surface area (Å²) in [6.45, 7) is 1.33. The van der Waals surface area contributed by atoms with Crippen molar-refractivity contribution in [2.75, 3.05) is 25.5 Å². The Bertz CT molecular complexity index is 806. The predicted molar refractivity (Wildman–Crippen MR) is 106 cm³/mol. The number of hydrogen-bond acceptors (Lipinski definition) is 4. The van der Waals surface area contributed by atoms with E-state index < -0.39 is 0 Å². The fourth-order valence-electron chi connectivity index (χ4n) is 3.40. The van der Waals surface area contributed by atoms with Gasteiger partial charge in [-0.25, -0.2) is 4.39 Å². The number of methoxy groups -OCH3 is 1. The zero-order valence-electron chi connectivity index (χ0n) is 16.0. The number of halogens is 1. The molecule has 1 amide bonds. The van der Waals surface area contributed by atoms with E-state index in [1.54, 1.807) is 7.11 Å².